The summed E-state index contributed by atoms with van der Waals surface area (Å²) in [5.74, 6) is 0.674. The number of nitrogens with zero attached hydrogens (tertiary/aromatic N) is 3. The Morgan fingerprint density at radius 1 is 1.26 bits per heavy atom. The molecule has 0 bridgehead atoms. The van der Waals surface area contributed by atoms with Gasteiger partial charge in [-0.2, -0.15) is 5.10 Å². The summed E-state index contributed by atoms with van der Waals surface area (Å²) < 4.78 is 12.7. The maximum Gasteiger partial charge on any atom is 0.271 e. The van der Waals surface area contributed by atoms with Crippen LogP contribution in [-0.2, 0) is 11.5 Å². The fraction of sp³-hybridized carbons (Fsp3) is 0.500. The Morgan fingerprint density at radius 2 is 2.07 bits per heavy atom. The topological polar surface area (TPSA) is 68.6 Å². The third kappa shape index (κ3) is 5.80. The smallest absolute Gasteiger partial charge is 0.271 e. The Hall–Kier alpha value is -2.38. The van der Waals surface area contributed by atoms with Gasteiger partial charge in [0.05, 0.1) is 13.2 Å². The molecule has 0 radical (unpaired) electrons. The molecule has 1 amide bonds. The van der Waals surface area contributed by atoms with Crippen molar-refractivity contribution in [1.82, 2.24) is 20.0 Å². The van der Waals surface area contributed by atoms with Crippen molar-refractivity contribution in [2.24, 2.45) is 0 Å². The lowest BCUT2D eigenvalue weighted by molar-refractivity contribution is 0.0374. The lowest BCUT2D eigenvalue weighted by Gasteiger charge is -2.26. The monoisotopic (exact) mass is 372 g/mol. The third-order valence-electron chi connectivity index (χ3n) is 4.60. The van der Waals surface area contributed by atoms with Crippen molar-refractivity contribution in [2.75, 3.05) is 39.4 Å². The fourth-order valence-electron chi connectivity index (χ4n) is 3.07. The summed E-state index contributed by atoms with van der Waals surface area (Å²) >= 11 is 0. The molecule has 1 N–H and O–H groups in total. The zero-order chi connectivity index (χ0) is 19.1. The average Bonchev–Trinajstić information content (AvgIpc) is 3.14. The molecule has 0 saturated carbocycles. The van der Waals surface area contributed by atoms with E-state index in [1.165, 1.54) is 5.56 Å². The highest BCUT2D eigenvalue weighted by molar-refractivity contribution is 5.92. The lowest BCUT2D eigenvalue weighted by atomic mass is 10.1. The average molecular weight is 372 g/mol. The number of morpholine rings is 1. The Balaban J connectivity index is 1.40. The van der Waals surface area contributed by atoms with Gasteiger partial charge in [0.2, 0.25) is 0 Å². The number of carbonyl (C=O) groups is 1. The predicted octanol–water partition coefficient (Wildman–Crippen LogP) is 1.99. The second-order valence-electron chi connectivity index (χ2n) is 6.85. The number of ether oxygens (including phenoxy) is 2. The first-order chi connectivity index (χ1) is 13.1. The molecule has 0 unspecified atom stereocenters. The maximum absolute atomic E-state index is 12.2. The van der Waals surface area contributed by atoms with Gasteiger partial charge in [-0.05, 0) is 44.5 Å². The van der Waals surface area contributed by atoms with Crippen LogP contribution in [0.1, 0.15) is 28.0 Å². The number of benzene rings is 1. The summed E-state index contributed by atoms with van der Waals surface area (Å²) in [4.78, 5) is 14.6. The van der Waals surface area contributed by atoms with Crippen molar-refractivity contribution in [3.05, 3.63) is 47.3 Å². The van der Waals surface area contributed by atoms with Crippen molar-refractivity contribution >= 4 is 5.91 Å². The van der Waals surface area contributed by atoms with Gasteiger partial charge in [0, 0.05) is 25.8 Å². The minimum Gasteiger partial charge on any atom is -0.471 e. The van der Waals surface area contributed by atoms with E-state index in [0.29, 0.717) is 12.2 Å². The molecule has 146 valence electrons. The zero-order valence-electron chi connectivity index (χ0n) is 16.1. The van der Waals surface area contributed by atoms with Crippen LogP contribution < -0.4 is 10.1 Å². The lowest BCUT2D eigenvalue weighted by Crippen LogP contribution is -2.38. The molecular weight excluding hydrogens is 344 g/mol. The van der Waals surface area contributed by atoms with Gasteiger partial charge in [-0.3, -0.25) is 9.69 Å². The quantitative estimate of drug-likeness (QED) is 0.718. The fourth-order valence-corrected chi connectivity index (χ4v) is 3.07. The van der Waals surface area contributed by atoms with Gasteiger partial charge < -0.3 is 14.8 Å². The van der Waals surface area contributed by atoms with Crippen molar-refractivity contribution in [3.8, 4) is 5.75 Å². The number of rotatable bonds is 8. The largest absolute Gasteiger partial charge is 0.471 e. The molecule has 1 saturated heterocycles. The van der Waals surface area contributed by atoms with E-state index in [1.807, 2.05) is 19.1 Å². The van der Waals surface area contributed by atoms with Gasteiger partial charge in [-0.25, -0.2) is 4.68 Å². The molecule has 1 aromatic heterocycles. The highest BCUT2D eigenvalue weighted by Gasteiger charge is 2.12. The van der Waals surface area contributed by atoms with Crippen LogP contribution in [-0.4, -0.2) is 60.0 Å². The summed E-state index contributed by atoms with van der Waals surface area (Å²) in [5.41, 5.74) is 2.69. The van der Waals surface area contributed by atoms with E-state index in [-0.39, 0.29) is 12.6 Å². The van der Waals surface area contributed by atoms with E-state index >= 15 is 0 Å². The van der Waals surface area contributed by atoms with Gasteiger partial charge >= 0.3 is 0 Å². The second-order valence-corrected chi connectivity index (χ2v) is 6.85. The summed E-state index contributed by atoms with van der Waals surface area (Å²) in [6.07, 6.45) is 2.68. The van der Waals surface area contributed by atoms with E-state index in [1.54, 1.807) is 16.9 Å². The van der Waals surface area contributed by atoms with Crippen LogP contribution in [0.15, 0.2) is 30.5 Å². The van der Waals surface area contributed by atoms with Gasteiger partial charge in [0.15, 0.2) is 6.73 Å². The summed E-state index contributed by atoms with van der Waals surface area (Å²) in [7, 11) is 0. The molecule has 0 atom stereocenters. The molecule has 3 rings (SSSR count). The van der Waals surface area contributed by atoms with Crippen LogP contribution in [0.3, 0.4) is 0 Å². The summed E-state index contributed by atoms with van der Waals surface area (Å²) in [6.45, 7) is 9.50. The number of carbonyl (C=O) groups excluding carboxylic acids is 1. The minimum absolute atomic E-state index is 0.151. The maximum atomic E-state index is 12.2. The standard InChI is InChI=1S/C20H28N4O3/c1-16-4-5-19(17(2)14-16)27-15-24-9-6-18(22-24)20(25)21-7-3-8-23-10-12-26-13-11-23/h4-6,9,14H,3,7-8,10-13,15H2,1-2H3,(H,21,25). The molecule has 2 heterocycles. The number of aryl methyl sites for hydroxylation is 2. The number of amides is 1. The van der Waals surface area contributed by atoms with Crippen LogP contribution in [0.2, 0.25) is 0 Å². The van der Waals surface area contributed by atoms with E-state index < -0.39 is 0 Å². The molecule has 7 nitrogen and oxygen atoms in total. The highest BCUT2D eigenvalue weighted by Crippen LogP contribution is 2.19. The van der Waals surface area contributed by atoms with E-state index in [4.69, 9.17) is 9.47 Å². The normalized spacial score (nSPS) is 14.9. The molecule has 1 aromatic carbocycles. The van der Waals surface area contributed by atoms with E-state index in [0.717, 1.165) is 50.6 Å². The molecule has 2 aromatic rings. The molecule has 7 heteroatoms. The molecule has 1 aliphatic rings. The van der Waals surface area contributed by atoms with E-state index in [9.17, 15) is 4.79 Å². The molecule has 0 aliphatic carbocycles. The van der Waals surface area contributed by atoms with Crippen molar-refractivity contribution < 1.29 is 14.3 Å². The van der Waals surface area contributed by atoms with Crippen molar-refractivity contribution in [3.63, 3.8) is 0 Å². The van der Waals surface area contributed by atoms with Crippen LogP contribution in [0.5, 0.6) is 5.75 Å². The molecule has 1 aliphatic heterocycles. The number of hydrogen-bond donors (Lipinski definition) is 1. The van der Waals surface area contributed by atoms with Gasteiger partial charge in [-0.15, -0.1) is 0 Å². The van der Waals surface area contributed by atoms with Crippen molar-refractivity contribution in [2.45, 2.75) is 27.0 Å². The summed E-state index contributed by atoms with van der Waals surface area (Å²) in [6, 6.07) is 7.76. The van der Waals surface area contributed by atoms with Crippen LogP contribution >= 0.6 is 0 Å². The highest BCUT2D eigenvalue weighted by atomic mass is 16.5. The Morgan fingerprint density at radius 3 is 2.85 bits per heavy atom. The molecule has 1 fully saturated rings. The van der Waals surface area contributed by atoms with Crippen molar-refractivity contribution in [1.29, 1.82) is 0 Å². The first-order valence-corrected chi connectivity index (χ1v) is 9.43. The Kier molecular flexibility index (Phi) is 6.84. The first kappa shape index (κ1) is 19.4. The van der Waals surface area contributed by atoms with Crippen LogP contribution in [0.4, 0.5) is 0 Å². The van der Waals surface area contributed by atoms with Gasteiger partial charge in [0.1, 0.15) is 11.4 Å². The zero-order valence-corrected chi connectivity index (χ0v) is 16.1. The van der Waals surface area contributed by atoms with Gasteiger partial charge in [-0.1, -0.05) is 17.7 Å². The molecule has 27 heavy (non-hydrogen) atoms. The Bertz CT molecular complexity index is 753. The van der Waals surface area contributed by atoms with E-state index in [2.05, 4.69) is 28.3 Å². The summed E-state index contributed by atoms with van der Waals surface area (Å²) in [5, 5.41) is 7.22. The molecular formula is C20H28N4O3. The Labute approximate surface area is 160 Å². The molecule has 0 spiro atoms. The predicted molar refractivity (Wildman–Crippen MR) is 103 cm³/mol. The second kappa shape index (κ2) is 9.53. The number of hydrogen-bond acceptors (Lipinski definition) is 5. The van der Waals surface area contributed by atoms with Crippen LogP contribution in [0.25, 0.3) is 0 Å². The first-order valence-electron chi connectivity index (χ1n) is 9.43. The third-order valence-corrected chi connectivity index (χ3v) is 4.60. The van der Waals surface area contributed by atoms with Gasteiger partial charge in [0.25, 0.3) is 5.91 Å². The number of aromatic nitrogens is 2. The SMILES string of the molecule is Cc1ccc(OCn2ccc(C(=O)NCCCN3CCOCC3)n2)c(C)c1. The minimum atomic E-state index is -0.151. The van der Waals surface area contributed by atoms with Crippen LogP contribution in [0, 0.1) is 13.8 Å². The number of nitrogens with one attached hydrogen (secondary N) is 1.